The molecule has 34 heavy (non-hydrogen) atoms. The van der Waals surface area contributed by atoms with Crippen LogP contribution in [0.2, 0.25) is 0 Å². The quantitative estimate of drug-likeness (QED) is 0.291. The Labute approximate surface area is 206 Å². The molecule has 0 aliphatic rings. The number of nitrogens with zero attached hydrogens (tertiary/aromatic N) is 4. The van der Waals surface area contributed by atoms with Gasteiger partial charge < -0.3 is 9.55 Å². The highest BCUT2D eigenvalue weighted by molar-refractivity contribution is 7.98. The third-order valence-corrected chi connectivity index (χ3v) is 7.75. The van der Waals surface area contributed by atoms with Gasteiger partial charge in [-0.2, -0.15) is 0 Å². The van der Waals surface area contributed by atoms with Crippen molar-refractivity contribution in [3.05, 3.63) is 80.7 Å². The number of hydrogen-bond acceptors (Lipinski definition) is 6. The summed E-state index contributed by atoms with van der Waals surface area (Å²) in [6, 6.07) is 16.5. The number of aromatic nitrogens is 5. The lowest BCUT2D eigenvalue weighted by Crippen LogP contribution is -2.11. The molecule has 0 aliphatic heterocycles. The minimum atomic E-state index is -0.0991. The first-order valence-corrected chi connectivity index (χ1v) is 13.0. The Balaban J connectivity index is 1.45. The second-order valence-electron chi connectivity index (χ2n) is 8.30. The van der Waals surface area contributed by atoms with Crippen LogP contribution >= 0.6 is 23.1 Å². The molecule has 0 amide bonds. The van der Waals surface area contributed by atoms with Gasteiger partial charge in [-0.25, -0.2) is 4.98 Å². The zero-order valence-electron chi connectivity index (χ0n) is 19.5. The van der Waals surface area contributed by atoms with E-state index in [1.54, 1.807) is 11.3 Å². The summed E-state index contributed by atoms with van der Waals surface area (Å²) in [5, 5.41) is 10.3. The largest absolute Gasteiger partial charge is 0.309 e. The molecule has 0 atom stereocenters. The van der Waals surface area contributed by atoms with E-state index in [1.807, 2.05) is 13.0 Å². The average Bonchev–Trinajstić information content (AvgIpc) is 3.38. The maximum atomic E-state index is 13.1. The monoisotopic (exact) mass is 487 g/mol. The zero-order chi connectivity index (χ0) is 23.8. The highest BCUT2D eigenvalue weighted by atomic mass is 32.2. The third-order valence-electron chi connectivity index (χ3n) is 5.77. The fraction of sp³-hybridized carbons (Fsp3) is 0.231. The molecule has 0 saturated carbocycles. The van der Waals surface area contributed by atoms with Crippen LogP contribution in [0.3, 0.4) is 0 Å². The summed E-state index contributed by atoms with van der Waals surface area (Å²) in [5.74, 6) is 2.00. The Bertz CT molecular complexity index is 1550. The Morgan fingerprint density at radius 2 is 1.79 bits per heavy atom. The number of thioether (sulfide) groups is 1. The molecule has 3 aromatic heterocycles. The van der Waals surface area contributed by atoms with E-state index in [4.69, 9.17) is 4.98 Å². The van der Waals surface area contributed by atoms with E-state index < -0.39 is 0 Å². The number of hydrogen-bond donors (Lipinski definition) is 1. The number of H-pyrrole nitrogens is 1. The summed E-state index contributed by atoms with van der Waals surface area (Å²) in [6.07, 6.45) is 0. The summed E-state index contributed by atoms with van der Waals surface area (Å²) in [7, 11) is 0. The Morgan fingerprint density at radius 3 is 2.53 bits per heavy atom. The van der Waals surface area contributed by atoms with Crippen LogP contribution in [-0.2, 0) is 12.3 Å². The van der Waals surface area contributed by atoms with Gasteiger partial charge in [0.1, 0.15) is 10.7 Å². The van der Waals surface area contributed by atoms with Crippen LogP contribution in [0.25, 0.3) is 32.7 Å². The fourth-order valence-corrected chi connectivity index (χ4v) is 6.05. The summed E-state index contributed by atoms with van der Waals surface area (Å²) >= 11 is 3.10. The van der Waals surface area contributed by atoms with Gasteiger partial charge in [0.15, 0.2) is 11.0 Å². The minimum Gasteiger partial charge on any atom is -0.309 e. The van der Waals surface area contributed by atoms with Gasteiger partial charge in [0.2, 0.25) is 0 Å². The van der Waals surface area contributed by atoms with Crippen molar-refractivity contribution < 1.29 is 0 Å². The molecule has 0 spiro atoms. The summed E-state index contributed by atoms with van der Waals surface area (Å²) < 4.78 is 2.10. The van der Waals surface area contributed by atoms with Crippen molar-refractivity contribution >= 4 is 33.3 Å². The third kappa shape index (κ3) is 4.19. The molecule has 8 heteroatoms. The number of aromatic amines is 1. The van der Waals surface area contributed by atoms with Gasteiger partial charge in [0.05, 0.1) is 11.1 Å². The molecule has 0 fully saturated rings. The van der Waals surface area contributed by atoms with E-state index in [9.17, 15) is 4.79 Å². The number of rotatable bonds is 6. The van der Waals surface area contributed by atoms with Crippen molar-refractivity contribution in [2.24, 2.45) is 0 Å². The van der Waals surface area contributed by atoms with Crippen molar-refractivity contribution in [2.45, 2.75) is 45.1 Å². The molecule has 5 rings (SSSR count). The highest BCUT2D eigenvalue weighted by Gasteiger charge is 2.18. The Hall–Kier alpha value is -3.23. The molecule has 0 aliphatic carbocycles. The fourth-order valence-electron chi connectivity index (χ4n) is 4.11. The van der Waals surface area contributed by atoms with E-state index in [2.05, 4.69) is 83.0 Å². The van der Waals surface area contributed by atoms with Crippen molar-refractivity contribution in [2.75, 3.05) is 0 Å². The van der Waals surface area contributed by atoms with Gasteiger partial charge in [-0.3, -0.25) is 4.79 Å². The number of thiophene rings is 1. The van der Waals surface area contributed by atoms with Gasteiger partial charge in [0, 0.05) is 22.5 Å². The summed E-state index contributed by atoms with van der Waals surface area (Å²) in [4.78, 5) is 22.8. The Morgan fingerprint density at radius 1 is 1.00 bits per heavy atom. The lowest BCUT2D eigenvalue weighted by atomic mass is 10.0. The lowest BCUT2D eigenvalue weighted by Gasteiger charge is -2.08. The van der Waals surface area contributed by atoms with Crippen LogP contribution < -0.4 is 5.56 Å². The molecule has 0 saturated heterocycles. The van der Waals surface area contributed by atoms with Gasteiger partial charge in [-0.05, 0) is 39.3 Å². The van der Waals surface area contributed by atoms with E-state index >= 15 is 0 Å². The predicted octanol–water partition coefficient (Wildman–Crippen LogP) is 6.15. The standard InChI is InChI=1S/C26H25N5OS2/c1-5-31-23(19-8-6-7-16(3)13-19)29-30-26(31)33-14-20-27-24(32)22-21(17(4)34-25(22)28-20)18-11-9-15(2)10-12-18/h6-13H,5,14H2,1-4H3,(H,27,28,32). The maximum Gasteiger partial charge on any atom is 0.260 e. The molecule has 3 heterocycles. The second kappa shape index (κ2) is 9.19. The van der Waals surface area contributed by atoms with E-state index in [-0.39, 0.29) is 5.56 Å². The zero-order valence-corrected chi connectivity index (χ0v) is 21.2. The average molecular weight is 488 g/mol. The van der Waals surface area contributed by atoms with Crippen molar-refractivity contribution in [3.63, 3.8) is 0 Å². The van der Waals surface area contributed by atoms with Crippen LogP contribution in [0.15, 0.2) is 58.5 Å². The molecule has 0 radical (unpaired) electrons. The topological polar surface area (TPSA) is 76.5 Å². The van der Waals surface area contributed by atoms with Gasteiger partial charge >= 0.3 is 0 Å². The minimum absolute atomic E-state index is 0.0991. The number of aryl methyl sites for hydroxylation is 3. The highest BCUT2D eigenvalue weighted by Crippen LogP contribution is 2.36. The SMILES string of the molecule is CCn1c(SCc2nc3sc(C)c(-c4ccc(C)cc4)c3c(=O)[nH]2)nnc1-c1cccc(C)c1. The van der Waals surface area contributed by atoms with Gasteiger partial charge in [0.25, 0.3) is 5.56 Å². The predicted molar refractivity (Wildman–Crippen MR) is 141 cm³/mol. The van der Waals surface area contributed by atoms with Crippen molar-refractivity contribution in [3.8, 4) is 22.5 Å². The maximum absolute atomic E-state index is 13.1. The van der Waals surface area contributed by atoms with Crippen LogP contribution in [0.1, 0.15) is 28.8 Å². The first-order chi connectivity index (χ1) is 16.4. The van der Waals surface area contributed by atoms with Gasteiger partial charge in [-0.15, -0.1) is 21.5 Å². The van der Waals surface area contributed by atoms with Gasteiger partial charge in [-0.1, -0.05) is 65.4 Å². The first-order valence-electron chi connectivity index (χ1n) is 11.2. The first kappa shape index (κ1) is 22.6. The number of fused-ring (bicyclic) bond motifs is 1. The van der Waals surface area contributed by atoms with E-state index in [0.29, 0.717) is 17.0 Å². The van der Waals surface area contributed by atoms with Crippen LogP contribution in [-0.4, -0.2) is 24.7 Å². The van der Waals surface area contributed by atoms with E-state index in [0.717, 1.165) is 43.9 Å². The summed E-state index contributed by atoms with van der Waals surface area (Å²) in [5.41, 5.74) is 5.34. The molecule has 172 valence electrons. The molecule has 5 aromatic rings. The van der Waals surface area contributed by atoms with Crippen LogP contribution in [0.4, 0.5) is 0 Å². The molecular formula is C26H25N5OS2. The molecular weight excluding hydrogens is 462 g/mol. The van der Waals surface area contributed by atoms with E-state index in [1.165, 1.54) is 22.9 Å². The second-order valence-corrected chi connectivity index (χ2v) is 10.4. The smallest absolute Gasteiger partial charge is 0.260 e. The van der Waals surface area contributed by atoms with Crippen LogP contribution in [0, 0.1) is 20.8 Å². The molecule has 1 N–H and O–H groups in total. The van der Waals surface area contributed by atoms with Crippen LogP contribution in [0.5, 0.6) is 0 Å². The number of nitrogens with one attached hydrogen (secondary N) is 1. The summed E-state index contributed by atoms with van der Waals surface area (Å²) in [6.45, 7) is 9.02. The normalized spacial score (nSPS) is 11.4. The van der Waals surface area contributed by atoms with Crippen molar-refractivity contribution in [1.82, 2.24) is 24.7 Å². The lowest BCUT2D eigenvalue weighted by molar-refractivity contribution is 0.687. The molecule has 0 bridgehead atoms. The molecule has 0 unspecified atom stereocenters. The number of benzene rings is 2. The molecule has 2 aromatic carbocycles. The Kier molecular flexibility index (Phi) is 6.10. The molecule has 6 nitrogen and oxygen atoms in total. The van der Waals surface area contributed by atoms with Crippen molar-refractivity contribution in [1.29, 1.82) is 0 Å².